The lowest BCUT2D eigenvalue weighted by Gasteiger charge is -2.47. The van der Waals surface area contributed by atoms with E-state index in [0.29, 0.717) is 12.1 Å². The van der Waals surface area contributed by atoms with Gasteiger partial charge in [-0.25, -0.2) is 0 Å². The van der Waals surface area contributed by atoms with Gasteiger partial charge in [-0.05, 0) is 32.7 Å². The van der Waals surface area contributed by atoms with E-state index in [1.807, 2.05) is 0 Å². The molecule has 112 valence electrons. The number of morpholine rings is 1. The quantitative estimate of drug-likeness (QED) is 0.765. The van der Waals surface area contributed by atoms with E-state index in [0.717, 1.165) is 32.7 Å². The predicted molar refractivity (Wildman–Crippen MR) is 77.4 cm³/mol. The van der Waals surface area contributed by atoms with E-state index in [2.05, 4.69) is 24.1 Å². The molecule has 1 saturated heterocycles. The van der Waals surface area contributed by atoms with Crippen molar-refractivity contribution in [1.82, 2.24) is 10.2 Å². The maximum Gasteiger partial charge on any atom is 0.0730 e. The van der Waals surface area contributed by atoms with Crippen LogP contribution in [0.2, 0.25) is 0 Å². The molecule has 4 nitrogen and oxygen atoms in total. The summed E-state index contributed by atoms with van der Waals surface area (Å²) in [6.45, 7) is 8.24. The van der Waals surface area contributed by atoms with Gasteiger partial charge in [0.05, 0.1) is 24.9 Å². The van der Waals surface area contributed by atoms with Crippen LogP contribution in [0.3, 0.4) is 0 Å². The van der Waals surface area contributed by atoms with E-state index in [1.54, 1.807) is 0 Å². The van der Waals surface area contributed by atoms with Crippen molar-refractivity contribution in [2.45, 2.75) is 63.6 Å². The molecule has 0 aromatic carbocycles. The zero-order valence-corrected chi connectivity index (χ0v) is 12.5. The zero-order valence-electron chi connectivity index (χ0n) is 12.5. The van der Waals surface area contributed by atoms with Crippen molar-refractivity contribution in [2.24, 2.45) is 0 Å². The van der Waals surface area contributed by atoms with E-state index in [-0.39, 0.29) is 12.1 Å². The number of hydrogen-bond donors (Lipinski definition) is 2. The molecule has 19 heavy (non-hydrogen) atoms. The summed E-state index contributed by atoms with van der Waals surface area (Å²) >= 11 is 0. The van der Waals surface area contributed by atoms with Crippen molar-refractivity contribution in [3.8, 4) is 0 Å². The number of aliphatic hydroxyl groups excluding tert-OH is 1. The third-order valence-corrected chi connectivity index (χ3v) is 4.55. The molecule has 0 bridgehead atoms. The molecule has 4 heteroatoms. The summed E-state index contributed by atoms with van der Waals surface area (Å²) in [6, 6.07) is 0.566. The van der Waals surface area contributed by atoms with Gasteiger partial charge in [0, 0.05) is 19.1 Å². The number of nitrogens with one attached hydrogen (secondary N) is 1. The van der Waals surface area contributed by atoms with Crippen molar-refractivity contribution in [3.05, 3.63) is 0 Å². The summed E-state index contributed by atoms with van der Waals surface area (Å²) in [5.41, 5.74) is -0.185. The molecule has 2 N–H and O–H groups in total. The fraction of sp³-hybridized carbons (Fsp3) is 1.00. The lowest BCUT2D eigenvalue weighted by Crippen LogP contribution is -2.61. The predicted octanol–water partition coefficient (Wildman–Crippen LogP) is 1.38. The molecular weight excluding hydrogens is 240 g/mol. The normalized spacial score (nSPS) is 31.7. The van der Waals surface area contributed by atoms with Crippen LogP contribution in [0.15, 0.2) is 0 Å². The Morgan fingerprint density at radius 2 is 2.16 bits per heavy atom. The van der Waals surface area contributed by atoms with Gasteiger partial charge >= 0.3 is 0 Å². The lowest BCUT2D eigenvalue weighted by molar-refractivity contribution is -0.0963. The van der Waals surface area contributed by atoms with Crippen LogP contribution < -0.4 is 5.32 Å². The third kappa shape index (κ3) is 3.91. The van der Waals surface area contributed by atoms with E-state index >= 15 is 0 Å². The Kier molecular flexibility index (Phi) is 5.63. The Hall–Kier alpha value is -0.160. The van der Waals surface area contributed by atoms with E-state index in [4.69, 9.17) is 4.74 Å². The molecule has 2 fully saturated rings. The van der Waals surface area contributed by atoms with E-state index in [9.17, 15) is 5.11 Å². The summed E-state index contributed by atoms with van der Waals surface area (Å²) in [7, 11) is 0. The minimum Gasteiger partial charge on any atom is -0.394 e. The number of fused-ring (bicyclic) bond motifs is 1. The largest absolute Gasteiger partial charge is 0.394 e. The first-order valence-corrected chi connectivity index (χ1v) is 7.90. The molecule has 1 heterocycles. The van der Waals surface area contributed by atoms with Crippen LogP contribution in [0.4, 0.5) is 0 Å². The van der Waals surface area contributed by atoms with Crippen LogP contribution in [0.5, 0.6) is 0 Å². The fourth-order valence-corrected chi connectivity index (χ4v) is 3.41. The maximum atomic E-state index is 9.72. The highest BCUT2D eigenvalue weighted by atomic mass is 16.5. The Labute approximate surface area is 117 Å². The van der Waals surface area contributed by atoms with Gasteiger partial charge in [0.2, 0.25) is 0 Å². The second kappa shape index (κ2) is 7.02. The van der Waals surface area contributed by atoms with Gasteiger partial charge < -0.3 is 15.2 Å². The zero-order chi connectivity index (χ0) is 13.7. The third-order valence-electron chi connectivity index (χ3n) is 4.55. The SMILES string of the molecule is CCCNC(C)(CO)CN1CCOC2CCCCC21. The molecular formula is C15H30N2O2. The van der Waals surface area contributed by atoms with Crippen molar-refractivity contribution in [2.75, 3.05) is 32.8 Å². The van der Waals surface area contributed by atoms with Gasteiger partial charge in [0.25, 0.3) is 0 Å². The average molecular weight is 270 g/mol. The summed E-state index contributed by atoms with van der Waals surface area (Å²) in [5, 5.41) is 13.2. The van der Waals surface area contributed by atoms with Crippen molar-refractivity contribution >= 4 is 0 Å². The van der Waals surface area contributed by atoms with Crippen molar-refractivity contribution < 1.29 is 9.84 Å². The van der Waals surface area contributed by atoms with Crippen LogP contribution in [-0.4, -0.2) is 60.5 Å². The van der Waals surface area contributed by atoms with Crippen LogP contribution in [0.25, 0.3) is 0 Å². The molecule has 3 atom stereocenters. The molecule has 0 amide bonds. The molecule has 2 aliphatic rings. The van der Waals surface area contributed by atoms with Gasteiger partial charge in [-0.3, -0.25) is 4.90 Å². The number of rotatable bonds is 6. The van der Waals surface area contributed by atoms with Crippen LogP contribution in [-0.2, 0) is 4.74 Å². The van der Waals surface area contributed by atoms with Crippen molar-refractivity contribution in [3.63, 3.8) is 0 Å². The molecule has 1 aliphatic heterocycles. The highest BCUT2D eigenvalue weighted by Gasteiger charge is 2.37. The Morgan fingerprint density at radius 3 is 2.89 bits per heavy atom. The summed E-state index contributed by atoms with van der Waals surface area (Å²) in [5.74, 6) is 0. The molecule has 0 radical (unpaired) electrons. The minimum atomic E-state index is -0.185. The van der Waals surface area contributed by atoms with Gasteiger partial charge in [-0.2, -0.15) is 0 Å². The second-order valence-electron chi connectivity index (χ2n) is 6.38. The fourth-order valence-electron chi connectivity index (χ4n) is 3.41. The van der Waals surface area contributed by atoms with Crippen molar-refractivity contribution in [1.29, 1.82) is 0 Å². The number of nitrogens with zero attached hydrogens (tertiary/aromatic N) is 1. The number of aliphatic hydroxyl groups is 1. The highest BCUT2D eigenvalue weighted by molar-refractivity contribution is 4.93. The van der Waals surface area contributed by atoms with Gasteiger partial charge in [0.1, 0.15) is 0 Å². The maximum absolute atomic E-state index is 9.72. The van der Waals surface area contributed by atoms with Gasteiger partial charge in [0.15, 0.2) is 0 Å². The molecule has 2 rings (SSSR count). The van der Waals surface area contributed by atoms with Gasteiger partial charge in [-0.1, -0.05) is 19.8 Å². The summed E-state index contributed by atoms with van der Waals surface area (Å²) < 4.78 is 5.92. The van der Waals surface area contributed by atoms with Crippen LogP contribution in [0.1, 0.15) is 46.0 Å². The first kappa shape index (κ1) is 15.2. The average Bonchev–Trinajstić information content (AvgIpc) is 2.46. The van der Waals surface area contributed by atoms with Crippen LogP contribution in [0, 0.1) is 0 Å². The molecule has 3 unspecified atom stereocenters. The molecule has 0 aromatic heterocycles. The molecule has 1 aliphatic carbocycles. The Balaban J connectivity index is 1.95. The van der Waals surface area contributed by atoms with E-state index < -0.39 is 0 Å². The van der Waals surface area contributed by atoms with Gasteiger partial charge in [-0.15, -0.1) is 0 Å². The van der Waals surface area contributed by atoms with E-state index in [1.165, 1.54) is 25.7 Å². The molecule has 1 saturated carbocycles. The summed E-state index contributed by atoms with van der Waals surface area (Å²) in [4.78, 5) is 2.55. The topological polar surface area (TPSA) is 44.7 Å². The Bertz CT molecular complexity index is 273. The number of ether oxygens (including phenoxy) is 1. The van der Waals surface area contributed by atoms with Crippen LogP contribution >= 0.6 is 0 Å². The molecule has 0 aromatic rings. The Morgan fingerprint density at radius 1 is 1.37 bits per heavy atom. The second-order valence-corrected chi connectivity index (χ2v) is 6.38. The summed E-state index contributed by atoms with van der Waals surface area (Å²) in [6.07, 6.45) is 6.61. The standard InChI is InChI=1S/C15H30N2O2/c1-3-8-16-15(2,12-18)11-17-9-10-19-14-7-5-4-6-13(14)17/h13-14,16,18H,3-12H2,1-2H3. The smallest absolute Gasteiger partial charge is 0.0730 e. The number of hydrogen-bond acceptors (Lipinski definition) is 4. The first-order valence-electron chi connectivity index (χ1n) is 7.90. The molecule has 0 spiro atoms. The lowest BCUT2D eigenvalue weighted by atomic mass is 9.89. The highest BCUT2D eigenvalue weighted by Crippen LogP contribution is 2.29. The minimum absolute atomic E-state index is 0.185. The first-order chi connectivity index (χ1) is 9.18. The monoisotopic (exact) mass is 270 g/mol.